The number of rotatable bonds is 3. The smallest absolute Gasteiger partial charge is 0.332 e. The molecule has 2 aromatic rings. The SMILES string of the molecule is N#Cc1ccc(Cn2ccc(=O)c([N+](=O)[O-])c2)c(Br)c1. The molecule has 0 saturated heterocycles. The zero-order valence-corrected chi connectivity index (χ0v) is 11.7. The first-order chi connectivity index (χ1) is 9.51. The third kappa shape index (κ3) is 2.92. The summed E-state index contributed by atoms with van der Waals surface area (Å²) < 4.78 is 2.28. The molecule has 0 fully saturated rings. The largest absolute Gasteiger partial charge is 0.344 e. The van der Waals surface area contributed by atoms with Crippen molar-refractivity contribution in [2.24, 2.45) is 0 Å². The lowest BCUT2D eigenvalue weighted by molar-refractivity contribution is -0.386. The van der Waals surface area contributed by atoms with Crippen molar-refractivity contribution in [2.45, 2.75) is 6.54 Å². The van der Waals surface area contributed by atoms with Gasteiger partial charge in [-0.2, -0.15) is 5.26 Å². The van der Waals surface area contributed by atoms with Crippen molar-refractivity contribution in [3.05, 3.63) is 72.6 Å². The minimum absolute atomic E-state index is 0.355. The van der Waals surface area contributed by atoms with Gasteiger partial charge >= 0.3 is 5.69 Å². The quantitative estimate of drug-likeness (QED) is 0.637. The molecule has 0 atom stereocenters. The zero-order chi connectivity index (χ0) is 14.7. The molecule has 7 heteroatoms. The summed E-state index contributed by atoms with van der Waals surface area (Å²) in [5.41, 5.74) is 0.288. The maximum atomic E-state index is 11.3. The molecule has 0 aliphatic rings. The Morgan fingerprint density at radius 2 is 2.15 bits per heavy atom. The first-order valence-corrected chi connectivity index (χ1v) is 6.33. The number of hydrogen-bond donors (Lipinski definition) is 0. The number of nitro groups is 1. The molecule has 0 aliphatic heterocycles. The van der Waals surface area contributed by atoms with E-state index < -0.39 is 16.0 Å². The summed E-state index contributed by atoms with van der Waals surface area (Å²) in [7, 11) is 0. The van der Waals surface area contributed by atoms with Crippen molar-refractivity contribution in [1.82, 2.24) is 4.57 Å². The number of aromatic nitrogens is 1. The third-order valence-corrected chi connectivity index (χ3v) is 3.43. The predicted molar refractivity (Wildman–Crippen MR) is 75.3 cm³/mol. The van der Waals surface area contributed by atoms with Crippen LogP contribution in [0.4, 0.5) is 5.69 Å². The van der Waals surface area contributed by atoms with Crippen LogP contribution in [0.5, 0.6) is 0 Å². The van der Waals surface area contributed by atoms with Crippen LogP contribution < -0.4 is 5.43 Å². The van der Waals surface area contributed by atoms with E-state index in [1.807, 2.05) is 6.07 Å². The van der Waals surface area contributed by atoms with Gasteiger partial charge in [0, 0.05) is 23.3 Å². The van der Waals surface area contributed by atoms with Gasteiger partial charge in [0.2, 0.25) is 0 Å². The lowest BCUT2D eigenvalue weighted by atomic mass is 10.1. The first-order valence-electron chi connectivity index (χ1n) is 5.54. The second-order valence-electron chi connectivity index (χ2n) is 4.04. The Hall–Kier alpha value is -2.46. The maximum absolute atomic E-state index is 11.3. The highest BCUT2D eigenvalue weighted by Gasteiger charge is 2.12. The van der Waals surface area contributed by atoms with Crippen LogP contribution >= 0.6 is 15.9 Å². The molecule has 0 saturated carbocycles. The van der Waals surface area contributed by atoms with Gasteiger partial charge in [0.05, 0.1) is 22.8 Å². The molecular weight excluding hydrogens is 326 g/mol. The van der Waals surface area contributed by atoms with Crippen LogP contribution in [0, 0.1) is 21.4 Å². The summed E-state index contributed by atoms with van der Waals surface area (Å²) in [4.78, 5) is 21.3. The summed E-state index contributed by atoms with van der Waals surface area (Å²) >= 11 is 3.35. The lowest BCUT2D eigenvalue weighted by Crippen LogP contribution is -2.11. The van der Waals surface area contributed by atoms with Gasteiger partial charge in [-0.05, 0) is 17.7 Å². The van der Waals surface area contributed by atoms with Crippen molar-refractivity contribution in [1.29, 1.82) is 5.26 Å². The van der Waals surface area contributed by atoms with Crippen molar-refractivity contribution in [3.8, 4) is 6.07 Å². The van der Waals surface area contributed by atoms with Crippen LogP contribution in [-0.2, 0) is 6.54 Å². The Kier molecular flexibility index (Phi) is 3.96. The number of halogens is 1. The predicted octanol–water partition coefficient (Wildman–Crippen LogP) is 2.44. The van der Waals surface area contributed by atoms with E-state index >= 15 is 0 Å². The van der Waals surface area contributed by atoms with Crippen LogP contribution in [0.1, 0.15) is 11.1 Å². The van der Waals surface area contributed by atoms with Crippen molar-refractivity contribution in [3.63, 3.8) is 0 Å². The molecule has 0 spiro atoms. The number of benzene rings is 1. The van der Waals surface area contributed by atoms with E-state index in [0.29, 0.717) is 12.1 Å². The summed E-state index contributed by atoms with van der Waals surface area (Å²) in [5.74, 6) is 0. The van der Waals surface area contributed by atoms with Crippen LogP contribution in [0.25, 0.3) is 0 Å². The third-order valence-electron chi connectivity index (χ3n) is 2.69. The Labute approximate surface area is 122 Å². The minimum atomic E-state index is -0.702. The Bertz CT molecular complexity index is 777. The lowest BCUT2D eigenvalue weighted by Gasteiger charge is -2.08. The van der Waals surface area contributed by atoms with Crippen LogP contribution in [0.3, 0.4) is 0 Å². The van der Waals surface area contributed by atoms with E-state index in [2.05, 4.69) is 15.9 Å². The Morgan fingerprint density at radius 3 is 2.75 bits per heavy atom. The van der Waals surface area contributed by atoms with E-state index in [1.165, 1.54) is 12.4 Å². The highest BCUT2D eigenvalue weighted by molar-refractivity contribution is 9.10. The molecule has 0 N–H and O–H groups in total. The fourth-order valence-corrected chi connectivity index (χ4v) is 2.19. The molecule has 2 rings (SSSR count). The van der Waals surface area contributed by atoms with Crippen molar-refractivity contribution < 1.29 is 4.92 Å². The van der Waals surface area contributed by atoms with E-state index in [1.54, 1.807) is 22.8 Å². The van der Waals surface area contributed by atoms with Crippen LogP contribution in [-0.4, -0.2) is 9.49 Å². The average Bonchev–Trinajstić information content (AvgIpc) is 2.42. The highest BCUT2D eigenvalue weighted by Crippen LogP contribution is 2.19. The molecule has 20 heavy (non-hydrogen) atoms. The molecule has 0 bridgehead atoms. The average molecular weight is 334 g/mol. The molecule has 1 aromatic heterocycles. The normalized spacial score (nSPS) is 10.0. The second kappa shape index (κ2) is 5.67. The van der Waals surface area contributed by atoms with Gasteiger partial charge in [0.1, 0.15) is 0 Å². The molecule has 0 radical (unpaired) electrons. The summed E-state index contributed by atoms with van der Waals surface area (Å²) in [6.45, 7) is 0.355. The highest BCUT2D eigenvalue weighted by atomic mass is 79.9. The molecule has 6 nitrogen and oxygen atoms in total. The van der Waals surface area contributed by atoms with Gasteiger partial charge in [-0.3, -0.25) is 14.9 Å². The van der Waals surface area contributed by atoms with Crippen LogP contribution in [0.2, 0.25) is 0 Å². The molecular formula is C13H8BrN3O3. The van der Waals surface area contributed by atoms with E-state index in [-0.39, 0.29) is 0 Å². The van der Waals surface area contributed by atoms with Gasteiger partial charge in [0.15, 0.2) is 0 Å². The molecule has 0 amide bonds. The fourth-order valence-electron chi connectivity index (χ4n) is 1.69. The first kappa shape index (κ1) is 14.0. The van der Waals surface area contributed by atoms with E-state index in [4.69, 9.17) is 5.26 Å². The van der Waals surface area contributed by atoms with Crippen molar-refractivity contribution >= 4 is 21.6 Å². The van der Waals surface area contributed by atoms with Gasteiger partial charge in [-0.15, -0.1) is 0 Å². The molecule has 1 aromatic carbocycles. The summed E-state index contributed by atoms with van der Waals surface area (Å²) in [6, 6.07) is 8.28. The Morgan fingerprint density at radius 1 is 1.40 bits per heavy atom. The topological polar surface area (TPSA) is 88.9 Å². The molecule has 0 unspecified atom stereocenters. The Balaban J connectivity index is 2.36. The monoisotopic (exact) mass is 333 g/mol. The summed E-state index contributed by atoms with van der Waals surface area (Å²) in [6.07, 6.45) is 2.69. The standard InChI is InChI=1S/C13H8BrN3O3/c14-11-5-9(6-15)1-2-10(11)7-16-4-3-13(18)12(8-16)17(19)20/h1-5,8H,7H2. The van der Waals surface area contributed by atoms with E-state index in [0.717, 1.165) is 16.1 Å². The van der Waals surface area contributed by atoms with Gasteiger partial charge < -0.3 is 4.57 Å². The van der Waals surface area contributed by atoms with Gasteiger partial charge in [-0.1, -0.05) is 22.0 Å². The number of hydrogen-bond acceptors (Lipinski definition) is 4. The number of pyridine rings is 1. The number of nitriles is 1. The van der Waals surface area contributed by atoms with Gasteiger partial charge in [0.25, 0.3) is 5.43 Å². The molecule has 1 heterocycles. The molecule has 100 valence electrons. The second-order valence-corrected chi connectivity index (χ2v) is 4.90. The molecule has 0 aliphatic carbocycles. The van der Waals surface area contributed by atoms with Gasteiger partial charge in [-0.25, -0.2) is 0 Å². The maximum Gasteiger partial charge on any atom is 0.332 e. The summed E-state index contributed by atoms with van der Waals surface area (Å²) in [5, 5.41) is 19.5. The van der Waals surface area contributed by atoms with E-state index in [9.17, 15) is 14.9 Å². The zero-order valence-electron chi connectivity index (χ0n) is 10.1. The minimum Gasteiger partial charge on any atom is -0.344 e. The fraction of sp³-hybridized carbons (Fsp3) is 0.0769. The van der Waals surface area contributed by atoms with Crippen molar-refractivity contribution in [2.75, 3.05) is 0 Å². The van der Waals surface area contributed by atoms with Crippen LogP contribution in [0.15, 0.2) is 45.9 Å². The number of nitrogens with zero attached hydrogens (tertiary/aromatic N) is 3.